The molecule has 6 nitrogen and oxygen atoms in total. The fourth-order valence-electron chi connectivity index (χ4n) is 3.06. The molecule has 1 heterocycles. The highest BCUT2D eigenvalue weighted by Gasteiger charge is 2.33. The van der Waals surface area contributed by atoms with Crippen LogP contribution in [-0.2, 0) is 11.4 Å². The molecular weight excluding hydrogens is 475 g/mol. The maximum Gasteiger partial charge on any atom is 0.285 e. The number of rotatable bonds is 7. The van der Waals surface area contributed by atoms with Crippen LogP contribution in [0.3, 0.4) is 0 Å². The number of hydrogen-bond acceptors (Lipinski definition) is 6. The van der Waals surface area contributed by atoms with Gasteiger partial charge in [0.15, 0.2) is 4.32 Å². The number of nitrogens with one attached hydrogen (secondary N) is 1. The molecule has 0 bridgehead atoms. The first-order valence-electron chi connectivity index (χ1n) is 10.1. The number of hydrogen-bond donors (Lipinski definition) is 1. The molecule has 3 aromatic carbocycles. The van der Waals surface area contributed by atoms with Gasteiger partial charge in [-0.25, -0.2) is 4.39 Å². The van der Waals surface area contributed by atoms with Crippen molar-refractivity contribution in [3.05, 3.63) is 100 Å². The van der Waals surface area contributed by atoms with Gasteiger partial charge in [0, 0.05) is 11.1 Å². The van der Waals surface area contributed by atoms with Crippen molar-refractivity contribution in [2.75, 3.05) is 7.11 Å². The number of methoxy groups -OCH3 is 1. The minimum Gasteiger partial charge on any atom is -0.497 e. The second-order valence-corrected chi connectivity index (χ2v) is 8.81. The molecule has 0 spiro atoms. The van der Waals surface area contributed by atoms with Crippen molar-refractivity contribution in [3.8, 4) is 11.5 Å². The summed E-state index contributed by atoms with van der Waals surface area (Å²) in [6, 6.07) is 20.0. The molecule has 4 rings (SSSR count). The third-order valence-corrected chi connectivity index (χ3v) is 6.19. The monoisotopic (exact) mass is 494 g/mol. The third-order valence-electron chi connectivity index (χ3n) is 4.89. The van der Waals surface area contributed by atoms with Gasteiger partial charge in [-0.1, -0.05) is 42.1 Å². The molecule has 3 aromatic rings. The number of benzene rings is 3. The van der Waals surface area contributed by atoms with Gasteiger partial charge in [0.1, 0.15) is 23.9 Å². The Morgan fingerprint density at radius 1 is 1.06 bits per heavy atom. The molecule has 0 aliphatic carbocycles. The quantitative estimate of drug-likeness (QED) is 0.370. The fraction of sp³-hybridized carbons (Fsp3) is 0.0800. The number of carbonyl (C=O) groups is 2. The Morgan fingerprint density at radius 3 is 2.41 bits per heavy atom. The molecule has 0 unspecified atom stereocenters. The summed E-state index contributed by atoms with van der Waals surface area (Å²) in [6.45, 7) is 0.110. The molecule has 2 amide bonds. The smallest absolute Gasteiger partial charge is 0.285 e. The molecule has 1 aliphatic heterocycles. The van der Waals surface area contributed by atoms with Crippen LogP contribution in [0.5, 0.6) is 11.5 Å². The van der Waals surface area contributed by atoms with Gasteiger partial charge < -0.3 is 9.47 Å². The van der Waals surface area contributed by atoms with E-state index in [4.69, 9.17) is 21.7 Å². The van der Waals surface area contributed by atoms with Gasteiger partial charge in [0.25, 0.3) is 11.8 Å². The zero-order chi connectivity index (χ0) is 24.1. The van der Waals surface area contributed by atoms with Crippen molar-refractivity contribution in [1.29, 1.82) is 0 Å². The first-order valence-corrected chi connectivity index (χ1v) is 11.4. The van der Waals surface area contributed by atoms with Crippen LogP contribution in [0.2, 0.25) is 0 Å². The molecule has 0 atom stereocenters. The lowest BCUT2D eigenvalue weighted by atomic mass is 10.2. The van der Waals surface area contributed by atoms with E-state index in [1.807, 2.05) is 0 Å². The molecule has 1 saturated heterocycles. The van der Waals surface area contributed by atoms with Crippen LogP contribution in [0.25, 0.3) is 6.08 Å². The molecule has 0 radical (unpaired) electrons. The molecule has 1 N–H and O–H groups in total. The highest BCUT2D eigenvalue weighted by molar-refractivity contribution is 8.26. The zero-order valence-corrected chi connectivity index (χ0v) is 19.6. The molecule has 1 fully saturated rings. The molecule has 0 saturated carbocycles. The lowest BCUT2D eigenvalue weighted by Crippen LogP contribution is -2.44. The van der Waals surface area contributed by atoms with Gasteiger partial charge in [-0.05, 0) is 66.3 Å². The van der Waals surface area contributed by atoms with E-state index >= 15 is 0 Å². The second kappa shape index (κ2) is 10.5. The summed E-state index contributed by atoms with van der Waals surface area (Å²) in [5.74, 6) is -0.0121. The maximum absolute atomic E-state index is 13.7. The second-order valence-electron chi connectivity index (χ2n) is 7.14. The summed E-state index contributed by atoms with van der Waals surface area (Å²) in [6.07, 6.45) is 1.68. The average Bonchev–Trinajstić information content (AvgIpc) is 3.11. The Hall–Kier alpha value is -3.69. The van der Waals surface area contributed by atoms with Crippen LogP contribution in [-0.4, -0.2) is 28.3 Å². The van der Waals surface area contributed by atoms with Crippen molar-refractivity contribution >= 4 is 46.2 Å². The first kappa shape index (κ1) is 23.5. The number of nitrogens with zero attached hydrogens (tertiary/aromatic N) is 1. The summed E-state index contributed by atoms with van der Waals surface area (Å²) < 4.78 is 24.7. The Morgan fingerprint density at radius 2 is 1.74 bits per heavy atom. The molecule has 9 heteroatoms. The summed E-state index contributed by atoms with van der Waals surface area (Å²) in [4.78, 5) is 25.7. The van der Waals surface area contributed by atoms with Gasteiger partial charge in [0.2, 0.25) is 0 Å². The van der Waals surface area contributed by atoms with Gasteiger partial charge in [-0.2, -0.15) is 5.01 Å². The molecule has 0 aromatic heterocycles. The summed E-state index contributed by atoms with van der Waals surface area (Å²) >= 11 is 6.37. The first-order chi connectivity index (χ1) is 16.4. The Balaban J connectivity index is 1.39. The average molecular weight is 495 g/mol. The van der Waals surface area contributed by atoms with Crippen LogP contribution < -0.4 is 14.9 Å². The van der Waals surface area contributed by atoms with E-state index in [2.05, 4.69) is 5.43 Å². The van der Waals surface area contributed by atoms with Crippen molar-refractivity contribution in [1.82, 2.24) is 10.4 Å². The lowest BCUT2D eigenvalue weighted by Gasteiger charge is -2.15. The fourth-order valence-corrected chi connectivity index (χ4v) is 4.24. The van der Waals surface area contributed by atoms with Crippen LogP contribution in [0.15, 0.2) is 77.7 Å². The van der Waals surface area contributed by atoms with Gasteiger partial charge in [-0.3, -0.25) is 15.0 Å². The van der Waals surface area contributed by atoms with Crippen LogP contribution >= 0.6 is 24.0 Å². The van der Waals surface area contributed by atoms with Crippen molar-refractivity contribution in [2.45, 2.75) is 6.61 Å². The van der Waals surface area contributed by atoms with E-state index in [1.54, 1.807) is 72.8 Å². The van der Waals surface area contributed by atoms with E-state index in [-0.39, 0.29) is 16.7 Å². The standard InChI is InChI=1S/C25H19FN2O4S2/c1-31-19-12-8-17(9-13-19)23(29)27-28-24(30)22(34-25(28)33)14-16-6-10-20(11-7-16)32-15-18-4-2-3-5-21(18)26/h2-14H,15H2,1H3,(H,27,29)/b22-14+. The van der Waals surface area contributed by atoms with E-state index in [9.17, 15) is 14.0 Å². The van der Waals surface area contributed by atoms with Gasteiger partial charge >= 0.3 is 0 Å². The summed E-state index contributed by atoms with van der Waals surface area (Å²) in [5, 5.41) is 1.06. The zero-order valence-electron chi connectivity index (χ0n) is 18.0. The summed E-state index contributed by atoms with van der Waals surface area (Å²) in [7, 11) is 1.54. The van der Waals surface area contributed by atoms with Crippen molar-refractivity contribution in [3.63, 3.8) is 0 Å². The van der Waals surface area contributed by atoms with Gasteiger partial charge in [0.05, 0.1) is 12.0 Å². The van der Waals surface area contributed by atoms with Crippen molar-refractivity contribution < 1.29 is 23.5 Å². The largest absolute Gasteiger partial charge is 0.497 e. The molecule has 172 valence electrons. The van der Waals surface area contributed by atoms with Crippen molar-refractivity contribution in [2.24, 2.45) is 0 Å². The number of hydrazine groups is 1. The number of amides is 2. The van der Waals surface area contributed by atoms with Crippen LogP contribution in [0.1, 0.15) is 21.5 Å². The Labute approximate surface area is 205 Å². The number of thiocarbonyl (C=S) groups is 1. The number of ether oxygens (including phenoxy) is 2. The lowest BCUT2D eigenvalue weighted by molar-refractivity contribution is -0.123. The van der Waals surface area contributed by atoms with Gasteiger partial charge in [-0.15, -0.1) is 0 Å². The van der Waals surface area contributed by atoms with E-state index < -0.39 is 11.8 Å². The minimum absolute atomic E-state index is 0.110. The maximum atomic E-state index is 13.7. The number of thioether (sulfide) groups is 1. The molecular formula is C25H19FN2O4S2. The SMILES string of the molecule is COc1ccc(C(=O)NN2C(=O)/C(=C\c3ccc(OCc4ccccc4F)cc3)SC2=S)cc1. The molecule has 34 heavy (non-hydrogen) atoms. The highest BCUT2D eigenvalue weighted by atomic mass is 32.2. The van der Waals surface area contributed by atoms with Crippen LogP contribution in [0.4, 0.5) is 4.39 Å². The predicted molar refractivity (Wildman–Crippen MR) is 133 cm³/mol. The third kappa shape index (κ3) is 5.44. The number of halogens is 1. The Bertz CT molecular complexity index is 1260. The van der Waals surface area contributed by atoms with E-state index in [1.165, 1.54) is 13.2 Å². The normalized spacial score (nSPS) is 14.4. The highest BCUT2D eigenvalue weighted by Crippen LogP contribution is 2.32. The minimum atomic E-state index is -0.462. The number of carbonyl (C=O) groups excluding carboxylic acids is 2. The summed E-state index contributed by atoms with van der Waals surface area (Å²) in [5.41, 5.74) is 4.12. The Kier molecular flexibility index (Phi) is 7.24. The molecule has 1 aliphatic rings. The topological polar surface area (TPSA) is 67.9 Å². The van der Waals surface area contributed by atoms with Crippen LogP contribution in [0, 0.1) is 5.82 Å². The van der Waals surface area contributed by atoms with E-state index in [0.29, 0.717) is 27.5 Å². The van der Waals surface area contributed by atoms with E-state index in [0.717, 1.165) is 22.3 Å². The predicted octanol–water partition coefficient (Wildman–Crippen LogP) is 4.96.